The number of hydrogen-bond donors (Lipinski definition) is 1. The predicted molar refractivity (Wildman–Crippen MR) is 93.5 cm³/mol. The van der Waals surface area contributed by atoms with Crippen LogP contribution in [0, 0.1) is 0 Å². The molecule has 22 heavy (non-hydrogen) atoms. The second kappa shape index (κ2) is 8.79. The SMILES string of the molecule is CN(C)c1ccc(NC(=O)CCCCN2CCCCC2)cc1. The maximum absolute atomic E-state index is 11.9. The number of nitrogens with zero attached hydrogens (tertiary/aromatic N) is 2. The van der Waals surface area contributed by atoms with Gasteiger partial charge in [0.15, 0.2) is 0 Å². The van der Waals surface area contributed by atoms with Gasteiger partial charge < -0.3 is 15.1 Å². The monoisotopic (exact) mass is 303 g/mol. The van der Waals surface area contributed by atoms with Crippen LogP contribution in [0.15, 0.2) is 24.3 Å². The van der Waals surface area contributed by atoms with Crippen molar-refractivity contribution in [2.24, 2.45) is 0 Å². The molecule has 1 aromatic rings. The summed E-state index contributed by atoms with van der Waals surface area (Å²) in [6.07, 6.45) is 6.76. The van der Waals surface area contributed by atoms with E-state index in [1.165, 1.54) is 32.4 Å². The summed E-state index contributed by atoms with van der Waals surface area (Å²) in [5, 5.41) is 2.98. The quantitative estimate of drug-likeness (QED) is 0.785. The second-order valence-electron chi connectivity index (χ2n) is 6.35. The third-order valence-corrected chi connectivity index (χ3v) is 4.24. The highest BCUT2D eigenvalue weighted by Crippen LogP contribution is 2.16. The highest BCUT2D eigenvalue weighted by molar-refractivity contribution is 5.90. The van der Waals surface area contributed by atoms with E-state index in [0.717, 1.165) is 30.8 Å². The third kappa shape index (κ3) is 5.68. The van der Waals surface area contributed by atoms with Crippen LogP contribution in [-0.4, -0.2) is 44.5 Å². The molecule has 122 valence electrons. The summed E-state index contributed by atoms with van der Waals surface area (Å²) in [5.74, 6) is 0.122. The first-order valence-corrected chi connectivity index (χ1v) is 8.45. The van der Waals surface area contributed by atoms with Crippen LogP contribution in [0.5, 0.6) is 0 Å². The van der Waals surface area contributed by atoms with Gasteiger partial charge in [-0.1, -0.05) is 6.42 Å². The minimum atomic E-state index is 0.122. The molecule has 0 aromatic heterocycles. The van der Waals surface area contributed by atoms with Crippen LogP contribution < -0.4 is 10.2 Å². The number of unbranched alkanes of at least 4 members (excludes halogenated alkanes) is 1. The molecule has 4 heteroatoms. The van der Waals surface area contributed by atoms with Crippen LogP contribution in [0.2, 0.25) is 0 Å². The van der Waals surface area contributed by atoms with Gasteiger partial charge in [-0.05, 0) is 69.6 Å². The van der Waals surface area contributed by atoms with Gasteiger partial charge in [-0.2, -0.15) is 0 Å². The Morgan fingerprint density at radius 1 is 1.09 bits per heavy atom. The largest absolute Gasteiger partial charge is 0.378 e. The van der Waals surface area contributed by atoms with Gasteiger partial charge >= 0.3 is 0 Å². The number of rotatable bonds is 7. The minimum Gasteiger partial charge on any atom is -0.378 e. The summed E-state index contributed by atoms with van der Waals surface area (Å²) < 4.78 is 0. The van der Waals surface area contributed by atoms with E-state index in [1.807, 2.05) is 43.3 Å². The Bertz CT molecular complexity index is 450. The maximum atomic E-state index is 11.9. The van der Waals surface area contributed by atoms with E-state index in [1.54, 1.807) is 0 Å². The first-order chi connectivity index (χ1) is 10.6. The molecule has 2 rings (SSSR count). The number of amides is 1. The van der Waals surface area contributed by atoms with Gasteiger partial charge in [-0.3, -0.25) is 4.79 Å². The maximum Gasteiger partial charge on any atom is 0.224 e. The number of benzene rings is 1. The lowest BCUT2D eigenvalue weighted by Gasteiger charge is -2.26. The Morgan fingerprint density at radius 3 is 2.41 bits per heavy atom. The second-order valence-corrected chi connectivity index (χ2v) is 6.35. The normalized spacial score (nSPS) is 15.5. The summed E-state index contributed by atoms with van der Waals surface area (Å²) in [6, 6.07) is 7.96. The average Bonchev–Trinajstić information content (AvgIpc) is 2.53. The van der Waals surface area contributed by atoms with Gasteiger partial charge in [0, 0.05) is 31.9 Å². The van der Waals surface area contributed by atoms with Crippen molar-refractivity contribution in [2.75, 3.05) is 43.9 Å². The molecule has 1 fully saturated rings. The summed E-state index contributed by atoms with van der Waals surface area (Å²) >= 11 is 0. The average molecular weight is 303 g/mol. The first kappa shape index (κ1) is 16.8. The van der Waals surface area contributed by atoms with E-state index in [4.69, 9.17) is 0 Å². The summed E-state index contributed by atoms with van der Waals surface area (Å²) in [5.41, 5.74) is 2.02. The standard InChI is InChI=1S/C18H29N3O/c1-20(2)17-11-9-16(10-12-17)19-18(22)8-4-7-15-21-13-5-3-6-14-21/h9-12H,3-8,13-15H2,1-2H3,(H,19,22). The molecule has 0 unspecified atom stereocenters. The van der Waals surface area contributed by atoms with Gasteiger partial charge in [0.2, 0.25) is 5.91 Å². The van der Waals surface area contributed by atoms with Gasteiger partial charge in [0.1, 0.15) is 0 Å². The molecule has 1 saturated heterocycles. The fourth-order valence-corrected chi connectivity index (χ4v) is 2.87. The fourth-order valence-electron chi connectivity index (χ4n) is 2.87. The highest BCUT2D eigenvalue weighted by Gasteiger charge is 2.09. The summed E-state index contributed by atoms with van der Waals surface area (Å²) in [6.45, 7) is 3.62. The van der Waals surface area contributed by atoms with Gasteiger partial charge in [-0.15, -0.1) is 0 Å². The van der Waals surface area contributed by atoms with Crippen LogP contribution in [0.1, 0.15) is 38.5 Å². The molecule has 1 heterocycles. The topological polar surface area (TPSA) is 35.6 Å². The number of hydrogen-bond acceptors (Lipinski definition) is 3. The molecule has 0 spiro atoms. The Balaban J connectivity index is 1.62. The van der Waals surface area contributed by atoms with E-state index in [2.05, 4.69) is 10.2 Å². The zero-order valence-corrected chi connectivity index (χ0v) is 14.0. The van der Waals surface area contributed by atoms with Crippen molar-refractivity contribution in [3.05, 3.63) is 24.3 Å². The lowest BCUT2D eigenvalue weighted by Crippen LogP contribution is -2.30. The van der Waals surface area contributed by atoms with Crippen molar-refractivity contribution >= 4 is 17.3 Å². The van der Waals surface area contributed by atoms with E-state index < -0.39 is 0 Å². The molecule has 4 nitrogen and oxygen atoms in total. The van der Waals surface area contributed by atoms with E-state index in [0.29, 0.717) is 6.42 Å². The molecule has 0 bridgehead atoms. The zero-order chi connectivity index (χ0) is 15.8. The van der Waals surface area contributed by atoms with Crippen LogP contribution in [-0.2, 0) is 4.79 Å². The van der Waals surface area contributed by atoms with E-state index in [-0.39, 0.29) is 5.91 Å². The summed E-state index contributed by atoms with van der Waals surface area (Å²) in [4.78, 5) is 16.5. The molecule has 0 aliphatic carbocycles. The van der Waals surface area contributed by atoms with Crippen LogP contribution in [0.3, 0.4) is 0 Å². The van der Waals surface area contributed by atoms with Crippen LogP contribution in [0.25, 0.3) is 0 Å². The van der Waals surface area contributed by atoms with Gasteiger partial charge in [-0.25, -0.2) is 0 Å². The minimum absolute atomic E-state index is 0.122. The highest BCUT2D eigenvalue weighted by atomic mass is 16.1. The number of anilines is 2. The fraction of sp³-hybridized carbons (Fsp3) is 0.611. The van der Waals surface area contributed by atoms with Gasteiger partial charge in [0.25, 0.3) is 0 Å². The number of carbonyl (C=O) groups excluding carboxylic acids is 1. The third-order valence-electron chi connectivity index (χ3n) is 4.24. The molecule has 0 atom stereocenters. The molecule has 1 aromatic carbocycles. The molecule has 0 radical (unpaired) electrons. The lowest BCUT2D eigenvalue weighted by molar-refractivity contribution is -0.116. The number of nitrogens with one attached hydrogen (secondary N) is 1. The number of carbonyl (C=O) groups is 1. The van der Waals surface area contributed by atoms with Crippen molar-refractivity contribution in [2.45, 2.75) is 38.5 Å². The molecule has 1 aliphatic heterocycles. The lowest BCUT2D eigenvalue weighted by atomic mass is 10.1. The Labute approximate surface area is 134 Å². The Kier molecular flexibility index (Phi) is 6.72. The van der Waals surface area contributed by atoms with Crippen molar-refractivity contribution < 1.29 is 4.79 Å². The molecule has 1 amide bonds. The van der Waals surface area contributed by atoms with E-state index >= 15 is 0 Å². The van der Waals surface area contributed by atoms with Crippen LogP contribution >= 0.6 is 0 Å². The van der Waals surface area contributed by atoms with Crippen molar-refractivity contribution in [1.29, 1.82) is 0 Å². The number of piperidine rings is 1. The van der Waals surface area contributed by atoms with Crippen molar-refractivity contribution in [3.8, 4) is 0 Å². The zero-order valence-electron chi connectivity index (χ0n) is 14.0. The Morgan fingerprint density at radius 2 is 1.77 bits per heavy atom. The Hall–Kier alpha value is -1.55. The van der Waals surface area contributed by atoms with E-state index in [9.17, 15) is 4.79 Å². The van der Waals surface area contributed by atoms with Gasteiger partial charge in [0.05, 0.1) is 0 Å². The molecular weight excluding hydrogens is 274 g/mol. The number of likely N-dealkylation sites (tertiary alicyclic amines) is 1. The smallest absolute Gasteiger partial charge is 0.224 e. The van der Waals surface area contributed by atoms with Crippen LogP contribution in [0.4, 0.5) is 11.4 Å². The molecular formula is C18H29N3O. The molecule has 0 saturated carbocycles. The summed E-state index contributed by atoms with van der Waals surface area (Å²) in [7, 11) is 4.02. The van der Waals surface area contributed by atoms with Crippen molar-refractivity contribution in [1.82, 2.24) is 4.90 Å². The predicted octanol–water partition coefficient (Wildman–Crippen LogP) is 3.35. The van der Waals surface area contributed by atoms with Crippen molar-refractivity contribution in [3.63, 3.8) is 0 Å². The molecule has 1 aliphatic rings. The molecule has 1 N–H and O–H groups in total. The first-order valence-electron chi connectivity index (χ1n) is 8.45.